The molecular formula is C21H17ClN6O2. The topological polar surface area (TPSA) is 94.0 Å². The first-order valence-corrected chi connectivity index (χ1v) is 9.39. The zero-order valence-corrected chi connectivity index (χ0v) is 16.5. The van der Waals surface area contributed by atoms with Crippen LogP contribution in [0.15, 0.2) is 79.6 Å². The van der Waals surface area contributed by atoms with Gasteiger partial charge in [0, 0.05) is 34.9 Å². The van der Waals surface area contributed by atoms with Crippen molar-refractivity contribution in [2.75, 3.05) is 17.2 Å². The predicted octanol–water partition coefficient (Wildman–Crippen LogP) is 4.08. The zero-order valence-electron chi connectivity index (χ0n) is 15.7. The fourth-order valence-corrected chi connectivity index (χ4v) is 2.74. The van der Waals surface area contributed by atoms with Gasteiger partial charge in [-0.15, -0.1) is 0 Å². The maximum absolute atomic E-state index is 12.1. The molecule has 2 aromatic heterocycles. The summed E-state index contributed by atoms with van der Waals surface area (Å²) >= 11 is 5.83. The summed E-state index contributed by atoms with van der Waals surface area (Å²) in [5, 5.41) is 6.61. The van der Waals surface area contributed by atoms with E-state index in [0.29, 0.717) is 28.1 Å². The van der Waals surface area contributed by atoms with Crippen molar-refractivity contribution in [1.29, 1.82) is 0 Å². The highest BCUT2D eigenvalue weighted by atomic mass is 35.5. The van der Waals surface area contributed by atoms with E-state index in [4.69, 9.17) is 16.3 Å². The van der Waals surface area contributed by atoms with Gasteiger partial charge in [0.25, 0.3) is 5.91 Å². The van der Waals surface area contributed by atoms with Crippen LogP contribution in [0.4, 0.5) is 17.2 Å². The first kappa shape index (κ1) is 19.4. The molecule has 0 atom stereocenters. The maximum Gasteiger partial charge on any atom is 0.262 e. The number of carbonyl (C=O) groups is 1. The van der Waals surface area contributed by atoms with E-state index in [-0.39, 0.29) is 12.5 Å². The molecule has 2 aromatic carbocycles. The van der Waals surface area contributed by atoms with Crippen molar-refractivity contribution in [3.05, 3.63) is 84.7 Å². The minimum absolute atomic E-state index is 0.0976. The third kappa shape index (κ3) is 5.12. The highest BCUT2D eigenvalue weighted by Crippen LogP contribution is 2.19. The summed E-state index contributed by atoms with van der Waals surface area (Å²) in [6.45, 7) is -0.0976. The molecule has 4 rings (SSSR count). The quantitative estimate of drug-likeness (QED) is 0.468. The predicted molar refractivity (Wildman–Crippen MR) is 114 cm³/mol. The molecule has 0 unspecified atom stereocenters. The monoisotopic (exact) mass is 420 g/mol. The molecule has 0 spiro atoms. The van der Waals surface area contributed by atoms with Gasteiger partial charge >= 0.3 is 0 Å². The third-order valence-electron chi connectivity index (χ3n) is 4.05. The lowest BCUT2D eigenvalue weighted by Gasteiger charge is -2.10. The molecule has 1 amide bonds. The minimum atomic E-state index is -0.258. The lowest BCUT2D eigenvalue weighted by Crippen LogP contribution is -2.20. The Bertz CT molecular complexity index is 1120. The number of benzene rings is 2. The number of amides is 1. The van der Waals surface area contributed by atoms with Crippen molar-refractivity contribution in [2.24, 2.45) is 0 Å². The molecule has 30 heavy (non-hydrogen) atoms. The fraction of sp³-hybridized carbons (Fsp3) is 0.0476. The van der Waals surface area contributed by atoms with E-state index in [1.54, 1.807) is 59.7 Å². The standard InChI is InChI=1S/C21H17ClN6O2/c22-15-1-7-18(8-2-15)30-12-21(29)27-17-5-3-16(4-6-17)26-19-11-20(25-13-24-19)28-10-9-23-14-28/h1-11,13-14H,12H2,(H,27,29)(H,24,25,26). The third-order valence-corrected chi connectivity index (χ3v) is 4.30. The van der Waals surface area contributed by atoms with Gasteiger partial charge in [-0.2, -0.15) is 0 Å². The Morgan fingerprint density at radius 1 is 1.03 bits per heavy atom. The van der Waals surface area contributed by atoms with Crippen molar-refractivity contribution in [3.8, 4) is 11.6 Å². The smallest absolute Gasteiger partial charge is 0.262 e. The number of carbonyl (C=O) groups excluding carboxylic acids is 1. The number of aromatic nitrogens is 4. The Morgan fingerprint density at radius 3 is 2.53 bits per heavy atom. The lowest BCUT2D eigenvalue weighted by molar-refractivity contribution is -0.118. The molecule has 0 bridgehead atoms. The molecular weight excluding hydrogens is 404 g/mol. The van der Waals surface area contributed by atoms with Gasteiger partial charge in [-0.25, -0.2) is 15.0 Å². The van der Waals surface area contributed by atoms with Crippen LogP contribution in [0.1, 0.15) is 0 Å². The summed E-state index contributed by atoms with van der Waals surface area (Å²) in [5.74, 6) is 1.66. The largest absolute Gasteiger partial charge is 0.484 e. The number of imidazole rings is 1. The summed E-state index contributed by atoms with van der Waals surface area (Å²) in [4.78, 5) is 24.5. The number of halogens is 1. The van der Waals surface area contributed by atoms with Gasteiger partial charge in [-0.3, -0.25) is 9.36 Å². The first-order valence-electron chi connectivity index (χ1n) is 9.01. The Hall–Kier alpha value is -3.91. The van der Waals surface area contributed by atoms with Crippen LogP contribution in [0.2, 0.25) is 5.02 Å². The average molecular weight is 421 g/mol. The summed E-state index contributed by atoms with van der Waals surface area (Å²) in [6, 6.07) is 15.9. The van der Waals surface area contributed by atoms with E-state index in [0.717, 1.165) is 5.69 Å². The van der Waals surface area contributed by atoms with E-state index < -0.39 is 0 Å². The van der Waals surface area contributed by atoms with Crippen LogP contribution in [-0.4, -0.2) is 32.0 Å². The SMILES string of the molecule is O=C(COc1ccc(Cl)cc1)Nc1ccc(Nc2cc(-n3ccnc3)ncn2)cc1. The second-order valence-corrected chi connectivity index (χ2v) is 6.66. The molecule has 8 nitrogen and oxygen atoms in total. The van der Waals surface area contributed by atoms with Crippen LogP contribution in [0.25, 0.3) is 5.82 Å². The second-order valence-electron chi connectivity index (χ2n) is 6.22. The number of rotatable bonds is 7. The van der Waals surface area contributed by atoms with Crippen molar-refractivity contribution in [2.45, 2.75) is 0 Å². The van der Waals surface area contributed by atoms with Crippen LogP contribution in [0.5, 0.6) is 5.75 Å². The summed E-state index contributed by atoms with van der Waals surface area (Å²) in [6.07, 6.45) is 6.64. The Kier molecular flexibility index (Phi) is 5.86. The molecule has 2 heterocycles. The fourth-order valence-electron chi connectivity index (χ4n) is 2.61. The maximum atomic E-state index is 12.1. The van der Waals surface area contributed by atoms with Crippen molar-refractivity contribution < 1.29 is 9.53 Å². The zero-order chi connectivity index (χ0) is 20.8. The van der Waals surface area contributed by atoms with Crippen LogP contribution in [0, 0.1) is 0 Å². The van der Waals surface area contributed by atoms with Crippen molar-refractivity contribution in [1.82, 2.24) is 19.5 Å². The number of hydrogen-bond acceptors (Lipinski definition) is 6. The minimum Gasteiger partial charge on any atom is -0.484 e. The number of ether oxygens (including phenoxy) is 1. The van der Waals surface area contributed by atoms with E-state index in [2.05, 4.69) is 25.6 Å². The molecule has 0 aliphatic heterocycles. The molecule has 0 fully saturated rings. The Morgan fingerprint density at radius 2 is 1.80 bits per heavy atom. The van der Waals surface area contributed by atoms with Crippen LogP contribution >= 0.6 is 11.6 Å². The van der Waals surface area contributed by atoms with Crippen LogP contribution in [-0.2, 0) is 4.79 Å². The number of anilines is 3. The van der Waals surface area contributed by atoms with Crippen molar-refractivity contribution >= 4 is 34.7 Å². The molecule has 0 aliphatic carbocycles. The molecule has 0 radical (unpaired) electrons. The number of nitrogens with one attached hydrogen (secondary N) is 2. The van der Waals surface area contributed by atoms with Crippen LogP contribution < -0.4 is 15.4 Å². The van der Waals surface area contributed by atoms with E-state index in [1.165, 1.54) is 6.33 Å². The Labute approximate surface area is 177 Å². The number of nitrogens with zero attached hydrogens (tertiary/aromatic N) is 4. The molecule has 0 saturated carbocycles. The van der Waals surface area contributed by atoms with Gasteiger partial charge < -0.3 is 15.4 Å². The summed E-state index contributed by atoms with van der Waals surface area (Å²) in [7, 11) is 0. The van der Waals surface area contributed by atoms with Gasteiger partial charge in [-0.1, -0.05) is 11.6 Å². The Balaban J connectivity index is 1.32. The van der Waals surface area contributed by atoms with Gasteiger partial charge in [0.2, 0.25) is 0 Å². The van der Waals surface area contributed by atoms with E-state index in [1.807, 2.05) is 18.2 Å². The van der Waals surface area contributed by atoms with Gasteiger partial charge in [-0.05, 0) is 48.5 Å². The summed E-state index contributed by atoms with van der Waals surface area (Å²) in [5.41, 5.74) is 1.48. The van der Waals surface area contributed by atoms with E-state index >= 15 is 0 Å². The van der Waals surface area contributed by atoms with Crippen LogP contribution in [0.3, 0.4) is 0 Å². The van der Waals surface area contributed by atoms with Gasteiger partial charge in [0.05, 0.1) is 0 Å². The molecule has 2 N–H and O–H groups in total. The molecule has 9 heteroatoms. The summed E-state index contributed by atoms with van der Waals surface area (Å²) < 4.78 is 7.23. The highest BCUT2D eigenvalue weighted by molar-refractivity contribution is 6.30. The normalized spacial score (nSPS) is 10.4. The molecule has 150 valence electrons. The first-order chi connectivity index (χ1) is 14.7. The van der Waals surface area contributed by atoms with Gasteiger partial charge in [0.1, 0.15) is 30.0 Å². The van der Waals surface area contributed by atoms with E-state index in [9.17, 15) is 4.79 Å². The highest BCUT2D eigenvalue weighted by Gasteiger charge is 2.05. The second kappa shape index (κ2) is 9.06. The molecule has 0 saturated heterocycles. The van der Waals surface area contributed by atoms with Gasteiger partial charge in [0.15, 0.2) is 6.61 Å². The lowest BCUT2D eigenvalue weighted by atomic mass is 10.2. The number of hydrogen-bond donors (Lipinski definition) is 2. The van der Waals surface area contributed by atoms with Crippen molar-refractivity contribution in [3.63, 3.8) is 0 Å². The molecule has 0 aliphatic rings. The molecule has 4 aromatic rings. The average Bonchev–Trinajstić information content (AvgIpc) is 3.30.